The van der Waals surface area contributed by atoms with E-state index in [2.05, 4.69) is 6.92 Å². The van der Waals surface area contributed by atoms with E-state index in [9.17, 15) is 5.11 Å². The van der Waals surface area contributed by atoms with Gasteiger partial charge in [0.2, 0.25) is 0 Å². The molecule has 0 heterocycles. The van der Waals surface area contributed by atoms with Crippen LogP contribution in [0.25, 0.3) is 10.8 Å². The molecule has 0 atom stereocenters. The van der Waals surface area contributed by atoms with Gasteiger partial charge in [-0.2, -0.15) is 0 Å². The summed E-state index contributed by atoms with van der Waals surface area (Å²) < 4.78 is 5.71. The predicted molar refractivity (Wildman–Crippen MR) is 73.7 cm³/mol. The van der Waals surface area contributed by atoms with Gasteiger partial charge < -0.3 is 4.74 Å². The van der Waals surface area contributed by atoms with E-state index in [0.717, 1.165) is 29.5 Å². The summed E-state index contributed by atoms with van der Waals surface area (Å²) in [6.07, 6.45) is 4.84. The van der Waals surface area contributed by atoms with Gasteiger partial charge in [-0.25, -0.2) is 0 Å². The van der Waals surface area contributed by atoms with Gasteiger partial charge in [-0.3, -0.25) is 5.11 Å². The smallest absolute Gasteiger partial charge is 0.179 e. The molecule has 0 amide bonds. The second-order valence-corrected chi connectivity index (χ2v) is 4.58. The van der Waals surface area contributed by atoms with E-state index in [4.69, 9.17) is 4.74 Å². The van der Waals surface area contributed by atoms with Crippen molar-refractivity contribution in [1.29, 1.82) is 0 Å². The van der Waals surface area contributed by atoms with Crippen molar-refractivity contribution < 1.29 is 9.84 Å². The van der Waals surface area contributed by atoms with Gasteiger partial charge in [-0.15, -0.1) is 0 Å². The van der Waals surface area contributed by atoms with Crippen LogP contribution in [-0.2, 0) is 5.11 Å². The molecule has 2 heteroatoms. The highest BCUT2D eigenvalue weighted by Crippen LogP contribution is 2.24. The fourth-order valence-electron chi connectivity index (χ4n) is 2.01. The minimum atomic E-state index is 0.0516. The van der Waals surface area contributed by atoms with Crippen molar-refractivity contribution in [1.82, 2.24) is 0 Å². The van der Waals surface area contributed by atoms with Crippen molar-refractivity contribution in [2.24, 2.45) is 0 Å². The van der Waals surface area contributed by atoms with Gasteiger partial charge in [0.1, 0.15) is 5.75 Å². The third-order valence-electron chi connectivity index (χ3n) is 3.05. The first kappa shape index (κ1) is 12.7. The van der Waals surface area contributed by atoms with Crippen LogP contribution < -0.4 is 4.74 Å². The molecule has 2 aromatic carbocycles. The van der Waals surface area contributed by atoms with Crippen LogP contribution in [0.1, 0.15) is 32.6 Å². The Labute approximate surface area is 108 Å². The maximum absolute atomic E-state index is 11.2. The molecule has 0 saturated carbocycles. The molecule has 0 bridgehead atoms. The first-order valence-corrected chi connectivity index (χ1v) is 6.63. The monoisotopic (exact) mass is 243 g/mol. The quantitative estimate of drug-likeness (QED) is 0.660. The molecule has 0 spiro atoms. The normalized spacial score (nSPS) is 10.7. The molecule has 0 N–H and O–H groups in total. The third kappa shape index (κ3) is 3.39. The molecule has 2 nitrogen and oxygen atoms in total. The molecule has 0 aliphatic carbocycles. The fourth-order valence-corrected chi connectivity index (χ4v) is 2.01. The maximum Gasteiger partial charge on any atom is 0.179 e. The molecule has 0 aliphatic rings. The van der Waals surface area contributed by atoms with Gasteiger partial charge >= 0.3 is 0 Å². The zero-order chi connectivity index (χ0) is 12.8. The van der Waals surface area contributed by atoms with Crippen molar-refractivity contribution in [3.05, 3.63) is 36.4 Å². The van der Waals surface area contributed by atoms with E-state index in [1.54, 1.807) is 12.1 Å². The van der Waals surface area contributed by atoms with Crippen molar-refractivity contribution in [3.63, 3.8) is 0 Å². The Balaban J connectivity index is 1.95. The van der Waals surface area contributed by atoms with Crippen LogP contribution >= 0.6 is 0 Å². The van der Waals surface area contributed by atoms with Gasteiger partial charge in [0.05, 0.1) is 6.61 Å². The minimum Gasteiger partial charge on any atom is -0.494 e. The molecule has 0 saturated heterocycles. The van der Waals surface area contributed by atoms with Crippen molar-refractivity contribution in [2.75, 3.05) is 6.61 Å². The second kappa shape index (κ2) is 6.29. The van der Waals surface area contributed by atoms with E-state index in [0.29, 0.717) is 0 Å². The number of unbranched alkanes of at least 4 members (excludes halogenated alkanes) is 3. The van der Waals surface area contributed by atoms with Gasteiger partial charge in [0.15, 0.2) is 5.75 Å². The molecule has 0 unspecified atom stereocenters. The van der Waals surface area contributed by atoms with E-state index in [-0.39, 0.29) is 5.75 Å². The lowest BCUT2D eigenvalue weighted by atomic mass is 10.1. The summed E-state index contributed by atoms with van der Waals surface area (Å²) in [7, 11) is 0. The maximum atomic E-state index is 11.2. The number of benzene rings is 2. The Morgan fingerprint density at radius 1 is 0.944 bits per heavy atom. The standard InChI is InChI=1S/C16H19O2/c1-2-3-4-5-10-18-16-9-7-13-11-15(17)8-6-14(13)12-16/h6-9,11-12H,2-5,10H2,1H3. The summed E-state index contributed by atoms with van der Waals surface area (Å²) in [4.78, 5) is 0. The molecular weight excluding hydrogens is 224 g/mol. The van der Waals surface area contributed by atoms with Gasteiger partial charge in [-0.1, -0.05) is 38.3 Å². The molecular formula is C16H19O2. The van der Waals surface area contributed by atoms with E-state index < -0.39 is 0 Å². The van der Waals surface area contributed by atoms with E-state index >= 15 is 0 Å². The van der Waals surface area contributed by atoms with Crippen LogP contribution in [0.3, 0.4) is 0 Å². The summed E-state index contributed by atoms with van der Waals surface area (Å²) in [5, 5.41) is 13.2. The lowest BCUT2D eigenvalue weighted by Gasteiger charge is -2.07. The fraction of sp³-hybridized carbons (Fsp3) is 0.375. The molecule has 0 aliphatic heterocycles. The Morgan fingerprint density at radius 2 is 1.72 bits per heavy atom. The van der Waals surface area contributed by atoms with Gasteiger partial charge in [0.25, 0.3) is 0 Å². The molecule has 2 rings (SSSR count). The number of hydrogen-bond acceptors (Lipinski definition) is 1. The van der Waals surface area contributed by atoms with Crippen molar-refractivity contribution in [3.8, 4) is 11.5 Å². The van der Waals surface area contributed by atoms with Crippen LogP contribution in [0.2, 0.25) is 0 Å². The Bertz CT molecular complexity index is 505. The SMILES string of the molecule is CCCCCCOc1ccc2cc([O])ccc2c1. The zero-order valence-corrected chi connectivity index (χ0v) is 10.8. The molecule has 95 valence electrons. The van der Waals surface area contributed by atoms with E-state index in [1.165, 1.54) is 19.3 Å². The topological polar surface area (TPSA) is 29.1 Å². The van der Waals surface area contributed by atoms with Crippen LogP contribution in [0.4, 0.5) is 0 Å². The Hall–Kier alpha value is -1.70. The average molecular weight is 243 g/mol. The third-order valence-corrected chi connectivity index (χ3v) is 3.05. The molecule has 0 fully saturated rings. The first-order chi connectivity index (χ1) is 8.79. The highest BCUT2D eigenvalue weighted by molar-refractivity contribution is 5.85. The number of ether oxygens (including phenoxy) is 1. The summed E-state index contributed by atoms with van der Waals surface area (Å²) in [5.41, 5.74) is 0. The zero-order valence-electron chi connectivity index (χ0n) is 10.8. The van der Waals surface area contributed by atoms with Gasteiger partial charge in [-0.05, 0) is 41.5 Å². The van der Waals surface area contributed by atoms with Crippen LogP contribution in [-0.4, -0.2) is 6.61 Å². The van der Waals surface area contributed by atoms with Crippen LogP contribution in [0.5, 0.6) is 11.5 Å². The minimum absolute atomic E-state index is 0.0516. The second-order valence-electron chi connectivity index (χ2n) is 4.58. The number of rotatable bonds is 6. The predicted octanol–water partition coefficient (Wildman–Crippen LogP) is 4.94. The summed E-state index contributed by atoms with van der Waals surface area (Å²) >= 11 is 0. The molecule has 18 heavy (non-hydrogen) atoms. The average Bonchev–Trinajstić information content (AvgIpc) is 2.38. The Morgan fingerprint density at radius 3 is 2.56 bits per heavy atom. The van der Waals surface area contributed by atoms with E-state index in [1.807, 2.05) is 24.3 Å². The number of fused-ring (bicyclic) bond motifs is 1. The first-order valence-electron chi connectivity index (χ1n) is 6.63. The van der Waals surface area contributed by atoms with Gasteiger partial charge in [0, 0.05) is 0 Å². The summed E-state index contributed by atoms with van der Waals surface area (Å²) in [5.74, 6) is 0.938. The van der Waals surface area contributed by atoms with Crippen LogP contribution in [0, 0.1) is 0 Å². The summed E-state index contributed by atoms with van der Waals surface area (Å²) in [6, 6.07) is 11.0. The lowest BCUT2D eigenvalue weighted by molar-refractivity contribution is 0.305. The molecule has 1 radical (unpaired) electrons. The number of hydrogen-bond donors (Lipinski definition) is 0. The molecule has 0 aromatic heterocycles. The Kier molecular flexibility index (Phi) is 4.46. The van der Waals surface area contributed by atoms with Crippen molar-refractivity contribution >= 4 is 10.8 Å². The highest BCUT2D eigenvalue weighted by atomic mass is 16.5. The molecule has 2 aromatic rings. The summed E-state index contributed by atoms with van der Waals surface area (Å²) in [6.45, 7) is 2.97. The van der Waals surface area contributed by atoms with Crippen molar-refractivity contribution in [2.45, 2.75) is 32.6 Å². The highest BCUT2D eigenvalue weighted by Gasteiger charge is 1.99. The lowest BCUT2D eigenvalue weighted by Crippen LogP contribution is -1.96. The largest absolute Gasteiger partial charge is 0.494 e. The van der Waals surface area contributed by atoms with Crippen LogP contribution in [0.15, 0.2) is 36.4 Å².